The Labute approximate surface area is 118 Å². The smallest absolute Gasteiger partial charge is 0.321 e. The second-order valence-electron chi connectivity index (χ2n) is 4.95. The van der Waals surface area contributed by atoms with Gasteiger partial charge in [0.1, 0.15) is 0 Å². The molecule has 0 aromatic heterocycles. The number of nitrogens with zero attached hydrogens (tertiary/aromatic N) is 1. The normalized spacial score (nSPS) is 15.0. The highest BCUT2D eigenvalue weighted by Gasteiger charge is 2.12. The summed E-state index contributed by atoms with van der Waals surface area (Å²) in [6.45, 7) is 3.48. The molecule has 0 aliphatic carbocycles. The van der Waals surface area contributed by atoms with Crippen molar-refractivity contribution in [2.45, 2.75) is 38.5 Å². The standard InChI is InChI=1S/C13H23N3O4/c17-11(5-1-2-6-12(18)19)15-13(20)14-7-10-16-8-3-4-9-16/h1-10H2,(H,18,19)(H2,14,15,17,20). The molecule has 3 N–H and O–H groups in total. The number of hydrogen-bond donors (Lipinski definition) is 3. The number of likely N-dealkylation sites (tertiary alicyclic amines) is 1. The van der Waals surface area contributed by atoms with E-state index in [1.165, 1.54) is 12.8 Å². The van der Waals surface area contributed by atoms with Crippen molar-refractivity contribution in [3.05, 3.63) is 0 Å². The predicted molar refractivity (Wildman–Crippen MR) is 73.3 cm³/mol. The van der Waals surface area contributed by atoms with Gasteiger partial charge >= 0.3 is 12.0 Å². The summed E-state index contributed by atoms with van der Waals surface area (Å²) in [4.78, 5) is 35.4. The number of nitrogens with one attached hydrogen (secondary N) is 2. The average Bonchev–Trinajstić information content (AvgIpc) is 2.87. The first kappa shape index (κ1) is 16.4. The third-order valence-corrected chi connectivity index (χ3v) is 3.21. The monoisotopic (exact) mass is 285 g/mol. The minimum absolute atomic E-state index is 0.0509. The third kappa shape index (κ3) is 7.73. The van der Waals surface area contributed by atoms with Crippen molar-refractivity contribution in [3.63, 3.8) is 0 Å². The lowest BCUT2D eigenvalue weighted by atomic mass is 10.2. The molecule has 1 heterocycles. The van der Waals surface area contributed by atoms with Gasteiger partial charge < -0.3 is 15.3 Å². The van der Waals surface area contributed by atoms with Crippen molar-refractivity contribution in [1.82, 2.24) is 15.5 Å². The molecule has 0 spiro atoms. The van der Waals surface area contributed by atoms with Gasteiger partial charge in [0.15, 0.2) is 0 Å². The Kier molecular flexibility index (Phi) is 7.64. The molecule has 114 valence electrons. The molecule has 0 atom stereocenters. The fourth-order valence-electron chi connectivity index (χ4n) is 2.13. The average molecular weight is 285 g/mol. The topological polar surface area (TPSA) is 98.7 Å². The number of rotatable bonds is 8. The van der Waals surface area contributed by atoms with Gasteiger partial charge in [-0.2, -0.15) is 0 Å². The van der Waals surface area contributed by atoms with E-state index < -0.39 is 12.0 Å². The van der Waals surface area contributed by atoms with Gasteiger partial charge in [0.05, 0.1) is 0 Å². The lowest BCUT2D eigenvalue weighted by molar-refractivity contribution is -0.137. The lowest BCUT2D eigenvalue weighted by Crippen LogP contribution is -2.42. The van der Waals surface area contributed by atoms with Crippen molar-refractivity contribution in [1.29, 1.82) is 0 Å². The van der Waals surface area contributed by atoms with E-state index in [0.29, 0.717) is 19.4 Å². The molecular formula is C13H23N3O4. The molecule has 7 heteroatoms. The number of urea groups is 1. The summed E-state index contributed by atoms with van der Waals surface area (Å²) < 4.78 is 0. The van der Waals surface area contributed by atoms with Gasteiger partial charge in [-0.05, 0) is 38.8 Å². The van der Waals surface area contributed by atoms with Gasteiger partial charge in [0, 0.05) is 25.9 Å². The SMILES string of the molecule is O=C(O)CCCCC(=O)NC(=O)NCCN1CCCC1. The molecule has 3 amide bonds. The fourth-order valence-corrected chi connectivity index (χ4v) is 2.13. The minimum atomic E-state index is -0.870. The Bertz CT molecular complexity index is 341. The van der Waals surface area contributed by atoms with Gasteiger partial charge in [-0.25, -0.2) is 4.79 Å². The van der Waals surface area contributed by atoms with Crippen LogP contribution in [0.4, 0.5) is 4.79 Å². The number of amides is 3. The van der Waals surface area contributed by atoms with Crippen molar-refractivity contribution in [3.8, 4) is 0 Å². The van der Waals surface area contributed by atoms with Crippen molar-refractivity contribution >= 4 is 17.9 Å². The zero-order chi connectivity index (χ0) is 14.8. The number of unbranched alkanes of at least 4 members (excludes halogenated alkanes) is 1. The summed E-state index contributed by atoms with van der Waals surface area (Å²) >= 11 is 0. The Balaban J connectivity index is 1.99. The van der Waals surface area contributed by atoms with Gasteiger partial charge in [0.25, 0.3) is 0 Å². The Morgan fingerprint density at radius 2 is 1.70 bits per heavy atom. The van der Waals surface area contributed by atoms with Crippen molar-refractivity contribution in [2.24, 2.45) is 0 Å². The third-order valence-electron chi connectivity index (χ3n) is 3.21. The first-order valence-electron chi connectivity index (χ1n) is 7.10. The molecule has 0 aromatic carbocycles. The van der Waals surface area contributed by atoms with E-state index in [2.05, 4.69) is 15.5 Å². The van der Waals surface area contributed by atoms with E-state index in [4.69, 9.17) is 5.11 Å². The van der Waals surface area contributed by atoms with Crippen LogP contribution in [0.2, 0.25) is 0 Å². The van der Waals surface area contributed by atoms with E-state index in [0.717, 1.165) is 19.6 Å². The predicted octanol–water partition coefficient (Wildman–Crippen LogP) is 0.553. The van der Waals surface area contributed by atoms with Crippen LogP contribution >= 0.6 is 0 Å². The van der Waals surface area contributed by atoms with E-state index in [1.807, 2.05) is 0 Å². The molecule has 7 nitrogen and oxygen atoms in total. The molecule has 20 heavy (non-hydrogen) atoms. The summed E-state index contributed by atoms with van der Waals surface area (Å²) in [5, 5.41) is 13.3. The Morgan fingerprint density at radius 1 is 1.05 bits per heavy atom. The molecule has 0 unspecified atom stereocenters. The van der Waals surface area contributed by atoms with Gasteiger partial charge in [-0.15, -0.1) is 0 Å². The number of carbonyl (C=O) groups excluding carboxylic acids is 2. The van der Waals surface area contributed by atoms with Crippen molar-refractivity contribution in [2.75, 3.05) is 26.2 Å². The molecule has 1 rings (SSSR count). The van der Waals surface area contributed by atoms with Crippen LogP contribution in [0.5, 0.6) is 0 Å². The largest absolute Gasteiger partial charge is 0.481 e. The number of hydrogen-bond acceptors (Lipinski definition) is 4. The van der Waals surface area contributed by atoms with Crippen LogP contribution in [0.1, 0.15) is 38.5 Å². The maximum Gasteiger partial charge on any atom is 0.321 e. The van der Waals surface area contributed by atoms with Crippen LogP contribution in [0.15, 0.2) is 0 Å². The first-order valence-corrected chi connectivity index (χ1v) is 7.10. The molecule has 1 fully saturated rings. The number of carbonyl (C=O) groups is 3. The minimum Gasteiger partial charge on any atom is -0.481 e. The van der Waals surface area contributed by atoms with Crippen LogP contribution in [0, 0.1) is 0 Å². The van der Waals surface area contributed by atoms with Crippen LogP contribution < -0.4 is 10.6 Å². The van der Waals surface area contributed by atoms with Crippen LogP contribution in [0.25, 0.3) is 0 Å². The number of carboxylic acids is 1. The second-order valence-corrected chi connectivity index (χ2v) is 4.95. The lowest BCUT2D eigenvalue weighted by Gasteiger charge is -2.14. The summed E-state index contributed by atoms with van der Waals surface area (Å²) in [7, 11) is 0. The van der Waals surface area contributed by atoms with Crippen LogP contribution in [-0.2, 0) is 9.59 Å². The van der Waals surface area contributed by atoms with Crippen molar-refractivity contribution < 1.29 is 19.5 Å². The number of carboxylic acid groups (broad SMARTS) is 1. The van der Waals surface area contributed by atoms with E-state index in [1.54, 1.807) is 0 Å². The van der Waals surface area contributed by atoms with E-state index in [-0.39, 0.29) is 18.7 Å². The summed E-state index contributed by atoms with van der Waals surface area (Å²) in [5.74, 6) is -1.24. The summed E-state index contributed by atoms with van der Waals surface area (Å²) in [6.07, 6.45) is 3.56. The molecule has 0 bridgehead atoms. The van der Waals surface area contributed by atoms with E-state index >= 15 is 0 Å². The molecular weight excluding hydrogens is 262 g/mol. The maximum absolute atomic E-state index is 11.4. The molecule has 0 aromatic rings. The molecule has 0 radical (unpaired) electrons. The molecule has 1 aliphatic rings. The van der Waals surface area contributed by atoms with Crippen LogP contribution in [-0.4, -0.2) is 54.1 Å². The zero-order valence-electron chi connectivity index (χ0n) is 11.7. The number of aliphatic carboxylic acids is 1. The summed E-state index contributed by atoms with van der Waals surface area (Å²) in [5.41, 5.74) is 0. The van der Waals surface area contributed by atoms with Gasteiger partial charge in [-0.1, -0.05) is 0 Å². The van der Waals surface area contributed by atoms with E-state index in [9.17, 15) is 14.4 Å². The highest BCUT2D eigenvalue weighted by molar-refractivity contribution is 5.94. The Morgan fingerprint density at radius 3 is 2.35 bits per heavy atom. The molecule has 1 saturated heterocycles. The highest BCUT2D eigenvalue weighted by atomic mass is 16.4. The Hall–Kier alpha value is -1.63. The quantitative estimate of drug-likeness (QED) is 0.566. The number of imide groups is 1. The zero-order valence-corrected chi connectivity index (χ0v) is 11.7. The maximum atomic E-state index is 11.4. The van der Waals surface area contributed by atoms with Gasteiger partial charge in [0.2, 0.25) is 5.91 Å². The highest BCUT2D eigenvalue weighted by Crippen LogP contribution is 2.05. The first-order chi connectivity index (χ1) is 9.58. The fraction of sp³-hybridized carbons (Fsp3) is 0.769. The summed E-state index contributed by atoms with van der Waals surface area (Å²) in [6, 6.07) is -0.479. The van der Waals surface area contributed by atoms with Gasteiger partial charge in [-0.3, -0.25) is 14.9 Å². The second kappa shape index (κ2) is 9.30. The molecule has 0 saturated carbocycles. The van der Waals surface area contributed by atoms with Crippen LogP contribution in [0.3, 0.4) is 0 Å². The molecule has 1 aliphatic heterocycles.